The molecular weight excluding hydrogens is 290 g/mol. The zero-order valence-electron chi connectivity index (χ0n) is 14.4. The highest BCUT2D eigenvalue weighted by Crippen LogP contribution is 2.35. The van der Waals surface area contributed by atoms with Crippen molar-refractivity contribution in [3.8, 4) is 5.75 Å². The standard InChI is InChI=1S/C19H29NO3/c1-12(2)16-9-4-13(3)10-18(16)23-19(22)17(20)11-14-5-7-15(21)8-6-14/h5-8,12-13,16-18,21H,4,9-11,20H2,1-3H3. The van der Waals surface area contributed by atoms with Gasteiger partial charge in [-0.25, -0.2) is 0 Å². The van der Waals surface area contributed by atoms with E-state index >= 15 is 0 Å². The number of esters is 1. The lowest BCUT2D eigenvalue weighted by atomic mass is 9.75. The molecule has 4 atom stereocenters. The summed E-state index contributed by atoms with van der Waals surface area (Å²) in [5, 5.41) is 9.30. The zero-order chi connectivity index (χ0) is 17.0. The predicted octanol–water partition coefficient (Wildman–Crippen LogP) is 3.27. The van der Waals surface area contributed by atoms with Crippen molar-refractivity contribution in [2.45, 2.75) is 58.6 Å². The first kappa shape index (κ1) is 17.8. The van der Waals surface area contributed by atoms with Crippen molar-refractivity contribution in [3.05, 3.63) is 29.8 Å². The number of hydrogen-bond acceptors (Lipinski definition) is 4. The molecule has 4 unspecified atom stereocenters. The monoisotopic (exact) mass is 319 g/mol. The lowest BCUT2D eigenvalue weighted by molar-refractivity contribution is -0.157. The number of benzene rings is 1. The molecule has 0 radical (unpaired) electrons. The second kappa shape index (κ2) is 7.82. The summed E-state index contributed by atoms with van der Waals surface area (Å²) in [6.07, 6.45) is 3.66. The fourth-order valence-corrected chi connectivity index (χ4v) is 3.46. The van der Waals surface area contributed by atoms with Crippen molar-refractivity contribution in [3.63, 3.8) is 0 Å². The predicted molar refractivity (Wildman–Crippen MR) is 91.0 cm³/mol. The van der Waals surface area contributed by atoms with Gasteiger partial charge in [0.1, 0.15) is 17.9 Å². The topological polar surface area (TPSA) is 72.5 Å². The molecule has 0 aromatic heterocycles. The van der Waals surface area contributed by atoms with Gasteiger partial charge in [-0.1, -0.05) is 39.3 Å². The molecule has 2 rings (SSSR count). The van der Waals surface area contributed by atoms with E-state index < -0.39 is 6.04 Å². The second-order valence-electron chi connectivity index (χ2n) is 7.28. The van der Waals surface area contributed by atoms with E-state index in [4.69, 9.17) is 10.5 Å². The largest absolute Gasteiger partial charge is 0.508 e. The van der Waals surface area contributed by atoms with Crippen molar-refractivity contribution in [2.24, 2.45) is 23.5 Å². The van der Waals surface area contributed by atoms with Gasteiger partial charge in [0.25, 0.3) is 0 Å². The van der Waals surface area contributed by atoms with E-state index in [0.29, 0.717) is 24.2 Å². The van der Waals surface area contributed by atoms with Crippen LogP contribution in [0.15, 0.2) is 24.3 Å². The van der Waals surface area contributed by atoms with Crippen molar-refractivity contribution >= 4 is 5.97 Å². The quantitative estimate of drug-likeness (QED) is 0.817. The third-order valence-electron chi connectivity index (χ3n) is 4.92. The highest BCUT2D eigenvalue weighted by atomic mass is 16.5. The number of carbonyl (C=O) groups excluding carboxylic acids is 1. The summed E-state index contributed by atoms with van der Waals surface area (Å²) < 4.78 is 5.78. The zero-order valence-corrected chi connectivity index (χ0v) is 14.4. The molecule has 0 spiro atoms. The van der Waals surface area contributed by atoms with Gasteiger partial charge in [-0.2, -0.15) is 0 Å². The minimum absolute atomic E-state index is 0.0166. The minimum Gasteiger partial charge on any atom is -0.508 e. The number of rotatable bonds is 5. The molecule has 128 valence electrons. The van der Waals surface area contributed by atoms with Crippen LogP contribution in [-0.4, -0.2) is 23.2 Å². The second-order valence-corrected chi connectivity index (χ2v) is 7.28. The van der Waals surface area contributed by atoms with Crippen LogP contribution < -0.4 is 5.73 Å². The van der Waals surface area contributed by atoms with Gasteiger partial charge in [0.15, 0.2) is 0 Å². The third-order valence-corrected chi connectivity index (χ3v) is 4.92. The number of phenols is 1. The van der Waals surface area contributed by atoms with Crippen LogP contribution in [0.5, 0.6) is 5.75 Å². The maximum atomic E-state index is 12.4. The molecular formula is C19H29NO3. The van der Waals surface area contributed by atoms with Crippen molar-refractivity contribution in [2.75, 3.05) is 0 Å². The number of nitrogens with two attached hydrogens (primary N) is 1. The molecule has 0 heterocycles. The van der Waals surface area contributed by atoms with E-state index in [1.165, 1.54) is 6.42 Å². The van der Waals surface area contributed by atoms with E-state index in [-0.39, 0.29) is 17.8 Å². The molecule has 1 aromatic rings. The van der Waals surface area contributed by atoms with Crippen LogP contribution in [0, 0.1) is 17.8 Å². The van der Waals surface area contributed by atoms with Gasteiger partial charge in [0.05, 0.1) is 0 Å². The van der Waals surface area contributed by atoms with Gasteiger partial charge in [-0.15, -0.1) is 0 Å². The Hall–Kier alpha value is -1.55. The Morgan fingerprint density at radius 2 is 1.96 bits per heavy atom. The van der Waals surface area contributed by atoms with Crippen LogP contribution in [0.2, 0.25) is 0 Å². The summed E-state index contributed by atoms with van der Waals surface area (Å²) in [5.41, 5.74) is 6.94. The Labute approximate surface area is 139 Å². The summed E-state index contributed by atoms with van der Waals surface area (Å²) in [6.45, 7) is 6.60. The number of ether oxygens (including phenoxy) is 1. The molecule has 1 aromatic carbocycles. The Morgan fingerprint density at radius 1 is 1.30 bits per heavy atom. The van der Waals surface area contributed by atoms with Crippen LogP contribution in [-0.2, 0) is 16.0 Å². The molecule has 4 heteroatoms. The van der Waals surface area contributed by atoms with Gasteiger partial charge >= 0.3 is 5.97 Å². The average Bonchev–Trinajstić information content (AvgIpc) is 2.49. The van der Waals surface area contributed by atoms with Crippen LogP contribution >= 0.6 is 0 Å². The molecule has 1 aliphatic rings. The molecule has 1 aliphatic carbocycles. The molecule has 3 N–H and O–H groups in total. The van der Waals surface area contributed by atoms with Crippen LogP contribution in [0.1, 0.15) is 45.6 Å². The van der Waals surface area contributed by atoms with Crippen LogP contribution in [0.25, 0.3) is 0 Å². The van der Waals surface area contributed by atoms with Gasteiger partial charge in [0, 0.05) is 0 Å². The fraction of sp³-hybridized carbons (Fsp3) is 0.632. The SMILES string of the molecule is CC1CCC(C(C)C)C(OC(=O)C(N)Cc2ccc(O)cc2)C1. The van der Waals surface area contributed by atoms with Gasteiger partial charge in [-0.05, 0) is 54.7 Å². The number of carbonyl (C=O) groups is 1. The highest BCUT2D eigenvalue weighted by Gasteiger charge is 2.34. The summed E-state index contributed by atoms with van der Waals surface area (Å²) >= 11 is 0. The van der Waals surface area contributed by atoms with E-state index in [0.717, 1.165) is 18.4 Å². The first-order chi connectivity index (χ1) is 10.9. The maximum Gasteiger partial charge on any atom is 0.323 e. The number of aromatic hydroxyl groups is 1. The van der Waals surface area contributed by atoms with Crippen molar-refractivity contribution in [1.82, 2.24) is 0 Å². The van der Waals surface area contributed by atoms with E-state index in [9.17, 15) is 9.90 Å². The summed E-state index contributed by atoms with van der Waals surface area (Å²) in [4.78, 5) is 12.4. The van der Waals surface area contributed by atoms with Gasteiger partial charge in [0.2, 0.25) is 0 Å². The van der Waals surface area contributed by atoms with E-state index in [1.54, 1.807) is 24.3 Å². The average molecular weight is 319 g/mol. The number of phenolic OH excluding ortho intramolecular Hbond substituents is 1. The fourth-order valence-electron chi connectivity index (χ4n) is 3.46. The Kier molecular flexibility index (Phi) is 6.05. The summed E-state index contributed by atoms with van der Waals surface area (Å²) in [7, 11) is 0. The van der Waals surface area contributed by atoms with Crippen LogP contribution in [0.3, 0.4) is 0 Å². The molecule has 23 heavy (non-hydrogen) atoms. The Morgan fingerprint density at radius 3 is 2.57 bits per heavy atom. The summed E-state index contributed by atoms with van der Waals surface area (Å²) in [6, 6.07) is 6.10. The first-order valence-electron chi connectivity index (χ1n) is 8.60. The maximum absolute atomic E-state index is 12.4. The van der Waals surface area contributed by atoms with E-state index in [2.05, 4.69) is 20.8 Å². The molecule has 1 fully saturated rings. The van der Waals surface area contributed by atoms with Crippen molar-refractivity contribution in [1.29, 1.82) is 0 Å². The Bertz CT molecular complexity index is 512. The first-order valence-corrected chi connectivity index (χ1v) is 8.60. The lowest BCUT2D eigenvalue weighted by Gasteiger charge is -2.37. The molecule has 1 saturated carbocycles. The van der Waals surface area contributed by atoms with Crippen LogP contribution in [0.4, 0.5) is 0 Å². The normalized spacial score (nSPS) is 26.0. The minimum atomic E-state index is -0.662. The molecule has 0 amide bonds. The molecule has 0 bridgehead atoms. The summed E-state index contributed by atoms with van der Waals surface area (Å²) in [5.74, 6) is 1.42. The van der Waals surface area contributed by atoms with Gasteiger partial charge in [-0.3, -0.25) is 4.79 Å². The smallest absolute Gasteiger partial charge is 0.323 e. The third kappa shape index (κ3) is 4.96. The van der Waals surface area contributed by atoms with E-state index in [1.807, 2.05) is 0 Å². The molecule has 0 saturated heterocycles. The van der Waals surface area contributed by atoms with Crippen molar-refractivity contribution < 1.29 is 14.6 Å². The number of hydrogen-bond donors (Lipinski definition) is 2. The lowest BCUT2D eigenvalue weighted by Crippen LogP contribution is -2.41. The molecule has 4 nitrogen and oxygen atoms in total. The highest BCUT2D eigenvalue weighted by molar-refractivity contribution is 5.76. The Balaban J connectivity index is 1.94. The molecule has 0 aliphatic heterocycles. The van der Waals surface area contributed by atoms with Gasteiger partial charge < -0.3 is 15.6 Å².